The standard InChI is InChI=1S/C51H72N8O12S/c1-28-29(2)42(30(3)33-25-49(7,8)70-40(28)33)72(66,67)57-45(52)54-20-11-12-34(56-38(61)26-55-46(63)71-48(4,5)6)44(62)53-21-22-58(9)47(64)68-36-16-15-32-24-37-51(65)18-17-35(60)43-50(51,39(32)41(36)69-43)19-23-59(37,10)27-31-13-14-31/h15-16,31,34,37,43,65H,11-14,17-27H2,1-10H3,(H5-,52,53,54,55,56,57,61,62,63)/p+1/t34-,37?,43-,50-,51+,59-/m0/s1. The monoisotopic (exact) mass is 1020 g/mol. The second kappa shape index (κ2) is 19.0. The number of likely N-dealkylation sites (tertiary alicyclic amines) is 1. The minimum atomic E-state index is -4.17. The van der Waals surface area contributed by atoms with Gasteiger partial charge in [-0.2, -0.15) is 0 Å². The van der Waals surface area contributed by atoms with Crippen LogP contribution in [0.4, 0.5) is 9.59 Å². The second-order valence-electron chi connectivity index (χ2n) is 22.7. The van der Waals surface area contributed by atoms with Crippen LogP contribution in [0.25, 0.3) is 0 Å². The average Bonchev–Trinajstić information content (AvgIpc) is 3.91. The van der Waals surface area contributed by atoms with Gasteiger partial charge in [-0.15, -0.1) is 0 Å². The van der Waals surface area contributed by atoms with E-state index in [1.165, 1.54) is 24.8 Å². The van der Waals surface area contributed by atoms with Crippen LogP contribution in [0.15, 0.2) is 22.0 Å². The van der Waals surface area contributed by atoms with Gasteiger partial charge in [0.1, 0.15) is 41.2 Å². The third-order valence-electron chi connectivity index (χ3n) is 15.7. The zero-order valence-electron chi connectivity index (χ0n) is 43.3. The summed E-state index contributed by atoms with van der Waals surface area (Å²) in [5.41, 5.74) is 7.14. The Hall–Kier alpha value is -5.67. The molecule has 72 heavy (non-hydrogen) atoms. The molecule has 7 N–H and O–H groups in total. The molecule has 394 valence electrons. The summed E-state index contributed by atoms with van der Waals surface area (Å²) in [5, 5.41) is 20.6. The van der Waals surface area contributed by atoms with Crippen molar-refractivity contribution in [3.05, 3.63) is 45.5 Å². The molecule has 3 heterocycles. The van der Waals surface area contributed by atoms with Crippen molar-refractivity contribution in [1.82, 2.24) is 25.6 Å². The molecule has 2 aromatic carbocycles. The number of hydrogen-bond acceptors (Lipinski definition) is 13. The first kappa shape index (κ1) is 52.6. The third-order valence-corrected chi connectivity index (χ3v) is 17.3. The van der Waals surface area contributed by atoms with Gasteiger partial charge in [-0.05, 0) is 116 Å². The Kier molecular flexibility index (Phi) is 13.9. The van der Waals surface area contributed by atoms with E-state index in [1.807, 2.05) is 26.8 Å². The largest absolute Gasteiger partial charge is 0.487 e. The number of carbonyl (C=O) groups is 5. The van der Waals surface area contributed by atoms with Crippen LogP contribution in [0.5, 0.6) is 17.2 Å². The van der Waals surface area contributed by atoms with Gasteiger partial charge in [0, 0.05) is 69.4 Å². The summed E-state index contributed by atoms with van der Waals surface area (Å²) >= 11 is 0. The molecular formula is C51H73N8O12S+. The summed E-state index contributed by atoms with van der Waals surface area (Å²) < 4.78 is 54.4. The van der Waals surface area contributed by atoms with Gasteiger partial charge < -0.3 is 55.1 Å². The van der Waals surface area contributed by atoms with E-state index in [0.29, 0.717) is 54.2 Å². The number of sulfonamides is 1. The predicted molar refractivity (Wildman–Crippen MR) is 265 cm³/mol. The molecule has 1 saturated heterocycles. The Morgan fingerprint density at radius 2 is 1.78 bits per heavy atom. The summed E-state index contributed by atoms with van der Waals surface area (Å²) in [6.45, 7) is 15.4. The molecule has 3 fully saturated rings. The van der Waals surface area contributed by atoms with E-state index in [0.717, 1.165) is 39.8 Å². The van der Waals surface area contributed by atoms with Gasteiger partial charge in [-0.3, -0.25) is 19.4 Å². The Labute approximate surface area is 422 Å². The van der Waals surface area contributed by atoms with Gasteiger partial charge in [0.05, 0.1) is 30.4 Å². The van der Waals surface area contributed by atoms with Crippen LogP contribution in [0.3, 0.4) is 0 Å². The molecular weight excluding hydrogens is 949 g/mol. The summed E-state index contributed by atoms with van der Waals surface area (Å²) in [6.07, 6.45) is 2.47. The van der Waals surface area contributed by atoms with E-state index in [9.17, 15) is 37.5 Å². The number of nitrogens with one attached hydrogen (secondary N) is 4. The van der Waals surface area contributed by atoms with Gasteiger partial charge in [0.15, 0.2) is 23.4 Å². The molecule has 0 aromatic heterocycles. The molecule has 20 nitrogen and oxygen atoms in total. The Morgan fingerprint density at radius 1 is 1.06 bits per heavy atom. The third kappa shape index (κ3) is 9.91. The number of alkyl carbamates (subject to hydrolysis) is 1. The molecule has 3 aliphatic carbocycles. The number of Topliss-reactive ketones (excluding diaryl/α,β-unsaturated/α-hetero) is 1. The molecule has 0 radical (unpaired) electrons. The first-order chi connectivity index (χ1) is 33.6. The molecule has 2 saturated carbocycles. The summed E-state index contributed by atoms with van der Waals surface area (Å²) in [7, 11) is -0.418. The number of carbonyl (C=O) groups excluding carboxylic acids is 5. The van der Waals surface area contributed by atoms with Crippen LogP contribution in [0, 0.1) is 26.7 Å². The first-order valence-corrected chi connectivity index (χ1v) is 26.6. The number of piperidine rings is 1. The van der Waals surface area contributed by atoms with Crippen molar-refractivity contribution in [3.63, 3.8) is 0 Å². The molecule has 1 unspecified atom stereocenters. The number of quaternary nitrogens is 1. The Bertz CT molecular complexity index is 2720. The van der Waals surface area contributed by atoms with Gasteiger partial charge in [0.2, 0.25) is 17.8 Å². The average molecular weight is 1020 g/mol. The van der Waals surface area contributed by atoms with E-state index in [4.69, 9.17) is 24.7 Å². The number of hydrogen-bond donors (Lipinski definition) is 6. The number of aliphatic imine (C=N–C) groups is 1. The van der Waals surface area contributed by atoms with Crippen molar-refractivity contribution in [2.24, 2.45) is 16.6 Å². The van der Waals surface area contributed by atoms with Crippen LogP contribution in [-0.2, 0) is 47.4 Å². The molecule has 4 amide bonds. The molecule has 8 rings (SSSR count). The van der Waals surface area contributed by atoms with Crippen molar-refractivity contribution in [1.29, 1.82) is 0 Å². The number of nitrogens with zero attached hydrogens (tertiary/aromatic N) is 3. The van der Waals surface area contributed by atoms with Crippen LogP contribution in [-0.4, -0.2) is 147 Å². The predicted octanol–water partition coefficient (Wildman–Crippen LogP) is 3.23. The number of ketones is 1. The highest BCUT2D eigenvalue weighted by atomic mass is 32.2. The molecule has 3 aliphatic heterocycles. The van der Waals surface area contributed by atoms with Crippen molar-refractivity contribution in [2.75, 3.05) is 53.4 Å². The lowest BCUT2D eigenvalue weighted by atomic mass is 9.48. The van der Waals surface area contributed by atoms with Crippen molar-refractivity contribution >= 4 is 45.8 Å². The molecule has 6 atom stereocenters. The fraction of sp³-hybridized carbons (Fsp3) is 0.647. The van der Waals surface area contributed by atoms with Crippen molar-refractivity contribution < 1.29 is 60.9 Å². The molecule has 2 aromatic rings. The summed E-state index contributed by atoms with van der Waals surface area (Å²) in [4.78, 5) is 71.9. The fourth-order valence-electron chi connectivity index (χ4n) is 12.1. The van der Waals surface area contributed by atoms with Gasteiger partial charge in [-0.25, -0.2) is 22.7 Å². The number of ether oxygens (including phenoxy) is 4. The summed E-state index contributed by atoms with van der Waals surface area (Å²) in [5.74, 6) is 0.106. The number of amides is 4. The number of aliphatic hydroxyl groups is 1. The highest BCUT2D eigenvalue weighted by Crippen LogP contribution is 2.66. The highest BCUT2D eigenvalue weighted by molar-refractivity contribution is 7.90. The number of rotatable bonds is 16. The quantitative estimate of drug-likeness (QED) is 0.0612. The number of guanidine groups is 1. The molecule has 6 aliphatic rings. The lowest BCUT2D eigenvalue weighted by Crippen LogP contribution is -2.80. The zero-order chi connectivity index (χ0) is 52.5. The van der Waals surface area contributed by atoms with Crippen LogP contribution in [0.1, 0.15) is 113 Å². The van der Waals surface area contributed by atoms with Crippen molar-refractivity contribution in [3.8, 4) is 17.2 Å². The van der Waals surface area contributed by atoms with Gasteiger partial charge in [0.25, 0.3) is 10.0 Å². The highest BCUT2D eigenvalue weighted by Gasteiger charge is 2.76. The number of benzene rings is 2. The molecule has 2 bridgehead atoms. The van der Waals surface area contributed by atoms with Crippen LogP contribution < -0.4 is 40.6 Å². The lowest BCUT2D eigenvalue weighted by molar-refractivity contribution is -0.950. The number of fused-ring (bicyclic) bond motifs is 1. The van der Waals surface area contributed by atoms with Gasteiger partial charge >= 0.3 is 12.2 Å². The Balaban J connectivity index is 0.895. The number of likely N-dealkylation sites (N-methyl/N-ethyl adjacent to an activating group) is 2. The van der Waals surface area contributed by atoms with E-state index in [2.05, 4.69) is 32.7 Å². The van der Waals surface area contributed by atoms with E-state index in [-0.39, 0.29) is 67.3 Å². The normalized spacial score (nSPS) is 26.0. The maximum atomic E-state index is 13.7. The van der Waals surface area contributed by atoms with Crippen LogP contribution in [0.2, 0.25) is 0 Å². The van der Waals surface area contributed by atoms with E-state index in [1.54, 1.807) is 40.7 Å². The van der Waals surface area contributed by atoms with Gasteiger partial charge in [-0.1, -0.05) is 6.07 Å². The zero-order valence-corrected chi connectivity index (χ0v) is 44.2. The van der Waals surface area contributed by atoms with Crippen LogP contribution >= 0.6 is 0 Å². The lowest BCUT2D eigenvalue weighted by Gasteiger charge is -2.64. The summed E-state index contributed by atoms with van der Waals surface area (Å²) in [6, 6.07) is 2.39. The maximum Gasteiger partial charge on any atom is 0.415 e. The molecule has 21 heteroatoms. The molecule has 1 spiro atoms. The first-order valence-electron chi connectivity index (χ1n) is 25.1. The maximum absolute atomic E-state index is 13.7. The van der Waals surface area contributed by atoms with E-state index < -0.39 is 74.9 Å². The number of nitrogens with two attached hydrogens (primary N) is 1. The minimum Gasteiger partial charge on any atom is -0.487 e. The minimum absolute atomic E-state index is 0.00894. The van der Waals surface area contributed by atoms with Crippen molar-refractivity contribution in [2.45, 2.75) is 158 Å². The SMILES string of the molecule is Cc1c(C)c(S(=O)(=O)NC(N)=NCCC[C@H](NC(=O)CNC(=O)OC(C)(C)C)C(=O)NCCN(C)C(=O)Oc2ccc3c4c2O[C@H]2C(=O)CC[C@@]5(O)C(C3)[N@+](C)(CC3CC3)CC[C@]425)c(C)c2c1OC(C)(C)C2. The topological polar surface area (TPSA) is 266 Å². The van der Waals surface area contributed by atoms with E-state index >= 15 is 0 Å². The smallest absolute Gasteiger partial charge is 0.415 e. The Morgan fingerprint density at radius 3 is 2.47 bits per heavy atom. The fourth-order valence-corrected chi connectivity index (χ4v) is 13.6. The second-order valence-corrected chi connectivity index (χ2v) is 24.3.